The molecule has 136 valence electrons. The summed E-state index contributed by atoms with van der Waals surface area (Å²) in [4.78, 5) is 11.7. The van der Waals surface area contributed by atoms with Gasteiger partial charge in [0.15, 0.2) is 4.34 Å². The second-order valence-corrected chi connectivity index (χ2v) is 7.56. The summed E-state index contributed by atoms with van der Waals surface area (Å²) in [6.07, 6.45) is -0.956. The first-order chi connectivity index (χ1) is 11.9. The van der Waals surface area contributed by atoms with Crippen LogP contribution in [-0.2, 0) is 16.7 Å². The van der Waals surface area contributed by atoms with E-state index in [1.165, 1.54) is 35.2 Å². The summed E-state index contributed by atoms with van der Waals surface area (Å²) in [7, 11) is 0. The minimum atomic E-state index is -4.32. The Hall–Kier alpha value is -1.61. The maximum atomic E-state index is 12.5. The number of carbonyl (C=O) groups excluding carboxylic acids is 1. The molecule has 2 rings (SSSR count). The smallest absolute Gasteiger partial charge is 0.301 e. The summed E-state index contributed by atoms with van der Waals surface area (Å²) >= 11 is 2.62. The van der Waals surface area contributed by atoms with Crippen molar-refractivity contribution in [2.24, 2.45) is 0 Å². The molecule has 0 radical (unpaired) electrons. The Labute approximate surface area is 152 Å². The average Bonchev–Trinajstić information content (AvgIpc) is 3.00. The highest BCUT2D eigenvalue weighted by molar-refractivity contribution is 8.00. The van der Waals surface area contributed by atoms with Crippen LogP contribution in [0.4, 0.5) is 18.3 Å². The Bertz CT molecular complexity index is 687. The van der Waals surface area contributed by atoms with Gasteiger partial charge < -0.3 is 5.32 Å². The van der Waals surface area contributed by atoms with Gasteiger partial charge in [-0.1, -0.05) is 55.0 Å². The topological polar surface area (TPSA) is 54.9 Å². The van der Waals surface area contributed by atoms with Crippen molar-refractivity contribution in [1.29, 1.82) is 0 Å². The number of nitrogens with zero attached hydrogens (tertiary/aromatic N) is 2. The summed E-state index contributed by atoms with van der Waals surface area (Å²) in [5, 5.41) is 11.0. The Morgan fingerprint density at radius 1 is 1.20 bits per heavy atom. The molecule has 0 aliphatic rings. The first-order valence-electron chi connectivity index (χ1n) is 7.80. The van der Waals surface area contributed by atoms with Crippen LogP contribution in [-0.4, -0.2) is 16.1 Å². The predicted molar refractivity (Wildman–Crippen MR) is 93.7 cm³/mol. The first kappa shape index (κ1) is 19.7. The van der Waals surface area contributed by atoms with Crippen molar-refractivity contribution >= 4 is 34.1 Å². The lowest BCUT2D eigenvalue weighted by Crippen LogP contribution is -2.10. The van der Waals surface area contributed by atoms with Gasteiger partial charge in [0.1, 0.15) is 0 Å². The summed E-state index contributed by atoms with van der Waals surface area (Å²) in [6, 6.07) is 5.04. The number of amides is 1. The molecule has 0 saturated heterocycles. The molecule has 0 fully saturated rings. The van der Waals surface area contributed by atoms with Gasteiger partial charge in [0, 0.05) is 12.2 Å². The molecule has 1 aromatic carbocycles. The highest BCUT2D eigenvalue weighted by Crippen LogP contribution is 2.31. The Kier molecular flexibility index (Phi) is 7.24. The maximum absolute atomic E-state index is 12.5. The van der Waals surface area contributed by atoms with Crippen LogP contribution in [0.25, 0.3) is 0 Å². The molecule has 1 heterocycles. The van der Waals surface area contributed by atoms with Crippen molar-refractivity contribution in [1.82, 2.24) is 10.2 Å². The Morgan fingerprint density at radius 3 is 2.56 bits per heavy atom. The van der Waals surface area contributed by atoms with Crippen LogP contribution in [0.1, 0.15) is 43.7 Å². The van der Waals surface area contributed by atoms with E-state index >= 15 is 0 Å². The minimum Gasteiger partial charge on any atom is -0.301 e. The van der Waals surface area contributed by atoms with E-state index in [4.69, 9.17) is 0 Å². The molecule has 0 atom stereocenters. The van der Waals surface area contributed by atoms with Gasteiger partial charge >= 0.3 is 6.18 Å². The van der Waals surface area contributed by atoms with Gasteiger partial charge in [-0.15, -0.1) is 10.2 Å². The van der Waals surface area contributed by atoms with Crippen molar-refractivity contribution in [3.05, 3.63) is 35.4 Å². The molecule has 0 bridgehead atoms. The molecular weight excluding hydrogens is 371 g/mol. The second-order valence-electron chi connectivity index (χ2n) is 5.36. The minimum absolute atomic E-state index is 0.0797. The standard InChI is InChI=1S/C16H18F3N3OS2/c1-2-3-4-5-13(23)20-14-21-22-15(25-14)24-10-11-6-8-12(9-7-11)16(17,18)19/h6-9H,2-5,10H2,1H3,(H,20,21,23). The van der Waals surface area contributed by atoms with Crippen molar-refractivity contribution < 1.29 is 18.0 Å². The molecule has 0 aliphatic heterocycles. The molecule has 0 aliphatic carbocycles. The SMILES string of the molecule is CCCCCC(=O)Nc1nnc(SCc2ccc(C(F)(F)F)cc2)s1. The zero-order valence-corrected chi connectivity index (χ0v) is 15.2. The first-order valence-corrected chi connectivity index (χ1v) is 9.61. The molecule has 2 aromatic rings. The Morgan fingerprint density at radius 2 is 1.92 bits per heavy atom. The zero-order chi connectivity index (χ0) is 18.3. The normalized spacial score (nSPS) is 11.5. The van der Waals surface area contributed by atoms with E-state index in [1.807, 2.05) is 0 Å². The third-order valence-corrected chi connectivity index (χ3v) is 5.35. The molecule has 25 heavy (non-hydrogen) atoms. The van der Waals surface area contributed by atoms with Crippen LogP contribution < -0.4 is 5.32 Å². The lowest BCUT2D eigenvalue weighted by atomic mass is 10.1. The zero-order valence-electron chi connectivity index (χ0n) is 13.6. The number of nitrogens with one attached hydrogen (secondary N) is 1. The summed E-state index contributed by atoms with van der Waals surface area (Å²) in [5.74, 6) is 0.404. The van der Waals surface area contributed by atoms with E-state index in [0.29, 0.717) is 21.6 Å². The number of carbonyl (C=O) groups is 1. The maximum Gasteiger partial charge on any atom is 0.416 e. The Balaban J connectivity index is 1.82. The van der Waals surface area contributed by atoms with Gasteiger partial charge in [-0.05, 0) is 24.1 Å². The number of hydrogen-bond acceptors (Lipinski definition) is 5. The van der Waals surface area contributed by atoms with Crippen LogP contribution in [0, 0.1) is 0 Å². The average molecular weight is 389 g/mol. The number of aromatic nitrogens is 2. The van der Waals surface area contributed by atoms with Gasteiger partial charge in [0.05, 0.1) is 5.56 Å². The van der Waals surface area contributed by atoms with E-state index in [9.17, 15) is 18.0 Å². The number of hydrogen-bond donors (Lipinski definition) is 1. The highest BCUT2D eigenvalue weighted by Gasteiger charge is 2.29. The number of halogens is 3. The molecule has 1 aromatic heterocycles. The number of unbranched alkanes of at least 4 members (excludes halogenated alkanes) is 2. The van der Waals surface area contributed by atoms with E-state index in [1.54, 1.807) is 0 Å². The fourth-order valence-electron chi connectivity index (χ4n) is 1.97. The highest BCUT2D eigenvalue weighted by atomic mass is 32.2. The third kappa shape index (κ3) is 6.66. The summed E-state index contributed by atoms with van der Waals surface area (Å²) < 4.78 is 38.2. The lowest BCUT2D eigenvalue weighted by Gasteiger charge is -2.06. The number of alkyl halides is 3. The van der Waals surface area contributed by atoms with E-state index in [0.717, 1.165) is 37.0 Å². The second kappa shape index (κ2) is 9.19. The predicted octanol–water partition coefficient (Wildman–Crippen LogP) is 5.37. The molecule has 0 spiro atoms. The number of thioether (sulfide) groups is 1. The molecule has 0 saturated carbocycles. The van der Waals surface area contributed by atoms with Crippen molar-refractivity contribution in [2.75, 3.05) is 5.32 Å². The van der Waals surface area contributed by atoms with Crippen molar-refractivity contribution in [3.63, 3.8) is 0 Å². The molecule has 1 amide bonds. The van der Waals surface area contributed by atoms with Gasteiger partial charge in [-0.25, -0.2) is 0 Å². The molecule has 0 unspecified atom stereocenters. The lowest BCUT2D eigenvalue weighted by molar-refractivity contribution is -0.137. The third-order valence-electron chi connectivity index (χ3n) is 3.30. The largest absolute Gasteiger partial charge is 0.416 e. The van der Waals surface area contributed by atoms with Crippen molar-refractivity contribution in [2.45, 2.75) is 48.9 Å². The fourth-order valence-corrected chi connectivity index (χ4v) is 3.69. The van der Waals surface area contributed by atoms with Gasteiger partial charge in [0.25, 0.3) is 0 Å². The number of benzene rings is 1. The number of rotatable bonds is 8. The monoisotopic (exact) mass is 389 g/mol. The number of anilines is 1. The summed E-state index contributed by atoms with van der Waals surface area (Å²) in [6.45, 7) is 2.07. The summed E-state index contributed by atoms with van der Waals surface area (Å²) in [5.41, 5.74) is 0.101. The van der Waals surface area contributed by atoms with Crippen LogP contribution in [0.2, 0.25) is 0 Å². The van der Waals surface area contributed by atoms with Crippen molar-refractivity contribution in [3.8, 4) is 0 Å². The molecule has 1 N–H and O–H groups in total. The van der Waals surface area contributed by atoms with Gasteiger partial charge in [-0.2, -0.15) is 13.2 Å². The quantitative estimate of drug-likeness (QED) is 0.375. The van der Waals surface area contributed by atoms with Gasteiger partial charge in [0.2, 0.25) is 11.0 Å². The van der Waals surface area contributed by atoms with Crippen LogP contribution in [0.3, 0.4) is 0 Å². The van der Waals surface area contributed by atoms with E-state index in [-0.39, 0.29) is 5.91 Å². The van der Waals surface area contributed by atoms with Crippen LogP contribution in [0.5, 0.6) is 0 Å². The molecule has 9 heteroatoms. The molecule has 4 nitrogen and oxygen atoms in total. The fraction of sp³-hybridized carbons (Fsp3) is 0.438. The van der Waals surface area contributed by atoms with Gasteiger partial charge in [-0.3, -0.25) is 4.79 Å². The van der Waals surface area contributed by atoms with Crippen LogP contribution >= 0.6 is 23.1 Å². The molecular formula is C16H18F3N3OS2. The van der Waals surface area contributed by atoms with E-state index < -0.39 is 11.7 Å². The van der Waals surface area contributed by atoms with E-state index in [2.05, 4.69) is 22.4 Å². The van der Waals surface area contributed by atoms with Crippen LogP contribution in [0.15, 0.2) is 28.6 Å².